The number of para-hydroxylation sites is 1. The summed E-state index contributed by atoms with van der Waals surface area (Å²) < 4.78 is 0. The molecule has 8 nitrogen and oxygen atoms in total. The molecule has 0 unspecified atom stereocenters. The van der Waals surface area contributed by atoms with Crippen molar-refractivity contribution >= 4 is 17.5 Å². The van der Waals surface area contributed by atoms with Gasteiger partial charge in [-0.2, -0.15) is 4.80 Å². The second kappa shape index (κ2) is 8.22. The molecule has 33 heavy (non-hydrogen) atoms. The molecule has 8 heteroatoms. The van der Waals surface area contributed by atoms with Crippen molar-refractivity contribution in [2.75, 3.05) is 5.32 Å². The Balaban J connectivity index is 1.16. The highest BCUT2D eigenvalue weighted by atomic mass is 16.2. The van der Waals surface area contributed by atoms with Gasteiger partial charge in [-0.1, -0.05) is 25.0 Å². The van der Waals surface area contributed by atoms with Crippen molar-refractivity contribution in [3.05, 3.63) is 24.3 Å². The van der Waals surface area contributed by atoms with Gasteiger partial charge in [0.25, 0.3) is 0 Å². The van der Waals surface area contributed by atoms with Gasteiger partial charge in [0.15, 0.2) is 0 Å². The highest BCUT2D eigenvalue weighted by Gasteiger charge is 2.54. The number of aromatic nitrogens is 4. The zero-order valence-corrected chi connectivity index (χ0v) is 19.0. The molecule has 1 aromatic heterocycles. The van der Waals surface area contributed by atoms with E-state index < -0.39 is 0 Å². The summed E-state index contributed by atoms with van der Waals surface area (Å²) in [6.07, 6.45) is 11.4. The fourth-order valence-electron chi connectivity index (χ4n) is 7.32. The Hall–Kier alpha value is -2.77. The number of amides is 2. The van der Waals surface area contributed by atoms with Crippen LogP contribution in [0.2, 0.25) is 0 Å². The van der Waals surface area contributed by atoms with Crippen LogP contribution in [0.25, 0.3) is 11.4 Å². The molecule has 174 valence electrons. The second-order valence-electron chi connectivity index (χ2n) is 10.9. The Morgan fingerprint density at radius 1 is 1.00 bits per heavy atom. The van der Waals surface area contributed by atoms with Crippen LogP contribution in [0.5, 0.6) is 0 Å². The number of nitrogens with zero attached hydrogens (tertiary/aromatic N) is 4. The fourth-order valence-corrected chi connectivity index (χ4v) is 7.32. The molecule has 5 saturated carbocycles. The lowest BCUT2D eigenvalue weighted by molar-refractivity contribution is -0.140. The number of hydrogen-bond acceptors (Lipinski definition) is 5. The molecule has 2 aromatic rings. The SMILES string of the molecule is O=C(Cn1nnc(-c2ccccc2NC(=O)C23CC4CC(CC(C4)C2)C3)n1)NC1CCCC1. The van der Waals surface area contributed by atoms with Crippen molar-refractivity contribution in [2.45, 2.75) is 76.8 Å². The molecule has 0 aliphatic heterocycles. The zero-order chi connectivity index (χ0) is 22.4. The molecule has 0 atom stereocenters. The maximum Gasteiger partial charge on any atom is 0.243 e. The van der Waals surface area contributed by atoms with Crippen molar-refractivity contribution in [2.24, 2.45) is 23.2 Å². The smallest absolute Gasteiger partial charge is 0.243 e. The quantitative estimate of drug-likeness (QED) is 0.704. The first-order valence-corrected chi connectivity index (χ1v) is 12.5. The Morgan fingerprint density at radius 3 is 2.36 bits per heavy atom. The van der Waals surface area contributed by atoms with Crippen LogP contribution >= 0.6 is 0 Å². The second-order valence-corrected chi connectivity index (χ2v) is 10.9. The molecule has 2 N–H and O–H groups in total. The Bertz CT molecular complexity index is 1020. The van der Waals surface area contributed by atoms with Crippen LogP contribution in [0.1, 0.15) is 64.2 Å². The van der Waals surface area contributed by atoms with E-state index >= 15 is 0 Å². The number of nitrogens with one attached hydrogen (secondary N) is 2. The van der Waals surface area contributed by atoms with Gasteiger partial charge in [0.2, 0.25) is 17.6 Å². The number of carbonyl (C=O) groups excluding carboxylic acids is 2. The average Bonchev–Trinajstić information content (AvgIpc) is 3.45. The molecule has 0 saturated heterocycles. The summed E-state index contributed by atoms with van der Waals surface area (Å²) in [5.74, 6) is 2.63. The minimum atomic E-state index is -0.217. The van der Waals surface area contributed by atoms with Crippen LogP contribution < -0.4 is 10.6 Å². The summed E-state index contributed by atoms with van der Waals surface area (Å²) in [4.78, 5) is 27.2. The Kier molecular flexibility index (Phi) is 5.18. The van der Waals surface area contributed by atoms with Crippen molar-refractivity contribution < 1.29 is 9.59 Å². The van der Waals surface area contributed by atoms with Crippen LogP contribution in [0, 0.1) is 23.2 Å². The molecule has 1 heterocycles. The Labute approximate surface area is 193 Å². The number of carbonyl (C=O) groups is 2. The third-order valence-corrected chi connectivity index (χ3v) is 8.39. The number of benzene rings is 1. The highest BCUT2D eigenvalue weighted by Crippen LogP contribution is 2.60. The molecule has 0 spiro atoms. The van der Waals surface area contributed by atoms with Crippen molar-refractivity contribution in [3.8, 4) is 11.4 Å². The van der Waals surface area contributed by atoms with Crippen LogP contribution in [0.4, 0.5) is 5.69 Å². The summed E-state index contributed by atoms with van der Waals surface area (Å²) in [5, 5.41) is 19.0. The number of anilines is 1. The third-order valence-electron chi connectivity index (χ3n) is 8.39. The minimum Gasteiger partial charge on any atom is -0.352 e. The predicted molar refractivity (Wildman–Crippen MR) is 123 cm³/mol. The van der Waals surface area contributed by atoms with E-state index in [2.05, 4.69) is 26.0 Å². The minimum absolute atomic E-state index is 0.0469. The highest BCUT2D eigenvalue weighted by molar-refractivity contribution is 5.98. The molecule has 2 amide bonds. The lowest BCUT2D eigenvalue weighted by Gasteiger charge is -2.55. The molecule has 5 aliphatic rings. The van der Waals surface area contributed by atoms with E-state index in [1.54, 1.807) is 0 Å². The molecular formula is C25H32N6O2. The molecule has 5 fully saturated rings. The van der Waals surface area contributed by atoms with E-state index in [9.17, 15) is 9.59 Å². The largest absolute Gasteiger partial charge is 0.352 e. The summed E-state index contributed by atoms with van der Waals surface area (Å²) in [6.45, 7) is 0.0469. The van der Waals surface area contributed by atoms with Crippen molar-refractivity contribution in [3.63, 3.8) is 0 Å². The molecular weight excluding hydrogens is 416 g/mol. The maximum absolute atomic E-state index is 13.5. The molecule has 1 aromatic carbocycles. The van der Waals surface area contributed by atoms with Gasteiger partial charge in [-0.25, -0.2) is 0 Å². The van der Waals surface area contributed by atoms with E-state index in [1.807, 2.05) is 24.3 Å². The van der Waals surface area contributed by atoms with Gasteiger partial charge in [0.05, 0.1) is 11.1 Å². The van der Waals surface area contributed by atoms with E-state index in [-0.39, 0.29) is 29.8 Å². The van der Waals surface area contributed by atoms with Crippen LogP contribution in [0.3, 0.4) is 0 Å². The Morgan fingerprint density at radius 2 is 1.67 bits per heavy atom. The van der Waals surface area contributed by atoms with Crippen molar-refractivity contribution in [1.82, 2.24) is 25.5 Å². The summed E-state index contributed by atoms with van der Waals surface area (Å²) >= 11 is 0. The van der Waals surface area contributed by atoms with Gasteiger partial charge in [-0.05, 0) is 86.5 Å². The number of rotatable bonds is 6. The van der Waals surface area contributed by atoms with Gasteiger partial charge in [0, 0.05) is 11.6 Å². The van der Waals surface area contributed by atoms with E-state index in [0.29, 0.717) is 29.3 Å². The summed E-state index contributed by atoms with van der Waals surface area (Å²) in [7, 11) is 0. The first kappa shape index (κ1) is 20.8. The zero-order valence-electron chi connectivity index (χ0n) is 19.0. The van der Waals surface area contributed by atoms with Crippen LogP contribution in [-0.2, 0) is 16.1 Å². The first-order valence-electron chi connectivity index (χ1n) is 12.5. The topological polar surface area (TPSA) is 102 Å². The number of tetrazole rings is 1. The lowest BCUT2D eigenvalue weighted by atomic mass is 9.49. The maximum atomic E-state index is 13.5. The predicted octanol–water partition coefficient (Wildman–Crippen LogP) is 3.55. The van der Waals surface area contributed by atoms with Gasteiger partial charge in [-0.3, -0.25) is 9.59 Å². The number of hydrogen-bond donors (Lipinski definition) is 2. The standard InChI is InChI=1S/C25H32N6O2/c32-22(26-19-5-1-2-6-19)15-31-29-23(28-30-31)20-7-3-4-8-21(20)27-24(33)25-12-16-9-17(13-25)11-18(10-16)14-25/h3-4,7-8,16-19H,1-2,5-6,9-15H2,(H,26,32)(H,27,33). The molecule has 0 radical (unpaired) electrons. The van der Waals surface area contributed by atoms with Crippen LogP contribution in [-0.4, -0.2) is 38.1 Å². The fraction of sp³-hybridized carbons (Fsp3) is 0.640. The van der Waals surface area contributed by atoms with E-state index in [1.165, 1.54) is 36.9 Å². The van der Waals surface area contributed by atoms with Gasteiger partial charge in [-0.15, -0.1) is 10.2 Å². The first-order chi connectivity index (χ1) is 16.1. The van der Waals surface area contributed by atoms with Crippen molar-refractivity contribution in [1.29, 1.82) is 0 Å². The molecule has 7 rings (SSSR count). The monoisotopic (exact) mass is 448 g/mol. The van der Waals surface area contributed by atoms with Gasteiger partial charge < -0.3 is 10.6 Å². The average molecular weight is 449 g/mol. The molecule has 5 aliphatic carbocycles. The van der Waals surface area contributed by atoms with E-state index in [0.717, 1.165) is 37.7 Å². The third kappa shape index (κ3) is 4.04. The van der Waals surface area contributed by atoms with E-state index in [4.69, 9.17) is 0 Å². The van der Waals surface area contributed by atoms with Gasteiger partial charge in [0.1, 0.15) is 6.54 Å². The normalized spacial score (nSPS) is 30.5. The molecule has 4 bridgehead atoms. The van der Waals surface area contributed by atoms with Gasteiger partial charge >= 0.3 is 0 Å². The summed E-state index contributed by atoms with van der Waals surface area (Å²) in [6, 6.07) is 7.89. The summed E-state index contributed by atoms with van der Waals surface area (Å²) in [5.41, 5.74) is 1.23. The van der Waals surface area contributed by atoms with Crippen LogP contribution in [0.15, 0.2) is 24.3 Å². The lowest BCUT2D eigenvalue weighted by Crippen LogP contribution is -2.51.